The van der Waals surface area contributed by atoms with Crippen LogP contribution >= 0.6 is 0 Å². The predicted molar refractivity (Wildman–Crippen MR) is 96.6 cm³/mol. The number of H-pyrrole nitrogens is 1. The van der Waals surface area contributed by atoms with Gasteiger partial charge in [0.25, 0.3) is 5.56 Å². The van der Waals surface area contributed by atoms with Crippen LogP contribution in [0.4, 0.5) is 0 Å². The maximum absolute atomic E-state index is 11.3. The third kappa shape index (κ3) is 4.18. The van der Waals surface area contributed by atoms with Crippen LogP contribution in [0.3, 0.4) is 0 Å². The first kappa shape index (κ1) is 19.4. The zero-order valence-electron chi connectivity index (χ0n) is 14.1. The summed E-state index contributed by atoms with van der Waals surface area (Å²) in [4.78, 5) is 45.7. The Labute approximate surface area is 152 Å². The van der Waals surface area contributed by atoms with E-state index in [4.69, 9.17) is 15.3 Å². The minimum absolute atomic E-state index is 0.0277. The fraction of sp³-hybridized carbons (Fsp3) is 0.0526. The van der Waals surface area contributed by atoms with Crippen molar-refractivity contribution in [3.8, 4) is 0 Å². The monoisotopic (exact) mass is 369 g/mol. The van der Waals surface area contributed by atoms with E-state index in [-0.39, 0.29) is 27.8 Å². The molecule has 0 aliphatic carbocycles. The summed E-state index contributed by atoms with van der Waals surface area (Å²) in [6.45, 7) is 1.48. The van der Waals surface area contributed by atoms with Crippen molar-refractivity contribution in [2.75, 3.05) is 0 Å². The largest absolute Gasteiger partial charge is 0.478 e. The molecule has 27 heavy (non-hydrogen) atoms. The SMILES string of the molecule is Cc1c(C(=O)O)cccc1C(=O)O.O=C(O)c1c[nH]c(=O)c2ccccc12. The van der Waals surface area contributed by atoms with Crippen LogP contribution in [-0.2, 0) is 0 Å². The third-order valence-electron chi connectivity index (χ3n) is 3.83. The van der Waals surface area contributed by atoms with Gasteiger partial charge >= 0.3 is 17.9 Å². The molecule has 8 nitrogen and oxygen atoms in total. The van der Waals surface area contributed by atoms with E-state index in [0.717, 1.165) is 0 Å². The highest BCUT2D eigenvalue weighted by Gasteiger charge is 2.13. The van der Waals surface area contributed by atoms with E-state index in [1.54, 1.807) is 24.3 Å². The topological polar surface area (TPSA) is 145 Å². The zero-order valence-corrected chi connectivity index (χ0v) is 14.1. The molecule has 0 fully saturated rings. The number of carbonyl (C=O) groups is 3. The summed E-state index contributed by atoms with van der Waals surface area (Å²) in [5.74, 6) is -3.27. The average Bonchev–Trinajstić information content (AvgIpc) is 2.62. The second kappa shape index (κ2) is 7.96. The van der Waals surface area contributed by atoms with E-state index < -0.39 is 17.9 Å². The molecule has 3 rings (SSSR count). The molecule has 0 unspecified atom stereocenters. The first-order chi connectivity index (χ1) is 12.7. The number of pyridine rings is 1. The number of hydrogen-bond donors (Lipinski definition) is 4. The molecule has 1 aromatic heterocycles. The van der Waals surface area contributed by atoms with Gasteiger partial charge in [0.2, 0.25) is 0 Å². The van der Waals surface area contributed by atoms with Gasteiger partial charge in [-0.15, -0.1) is 0 Å². The van der Waals surface area contributed by atoms with E-state index in [2.05, 4.69) is 4.98 Å². The standard InChI is InChI=1S/C10H7NO3.C9H8O4/c12-9-7-4-2-1-3-6(7)8(5-11-9)10(13)14;1-5-6(8(10)11)3-2-4-7(5)9(12)13/h1-5H,(H,11,12)(H,13,14);2-4H,1H3,(H,10,11)(H,12,13). The lowest BCUT2D eigenvalue weighted by Crippen LogP contribution is -2.09. The van der Waals surface area contributed by atoms with Gasteiger partial charge in [0.1, 0.15) is 0 Å². The average molecular weight is 369 g/mol. The smallest absolute Gasteiger partial charge is 0.337 e. The molecular formula is C19H15NO7. The van der Waals surface area contributed by atoms with Crippen LogP contribution in [0, 0.1) is 6.92 Å². The van der Waals surface area contributed by atoms with Gasteiger partial charge in [0, 0.05) is 17.0 Å². The maximum Gasteiger partial charge on any atom is 0.337 e. The summed E-state index contributed by atoms with van der Waals surface area (Å²) in [6, 6.07) is 10.8. The number of hydrogen-bond acceptors (Lipinski definition) is 4. The molecule has 1 heterocycles. The van der Waals surface area contributed by atoms with E-state index in [0.29, 0.717) is 10.8 Å². The lowest BCUT2D eigenvalue weighted by Gasteiger charge is -2.03. The van der Waals surface area contributed by atoms with Crippen LogP contribution in [-0.4, -0.2) is 38.2 Å². The Bertz CT molecular complexity index is 1070. The number of nitrogens with one attached hydrogen (secondary N) is 1. The minimum atomic E-state index is -1.11. The Morgan fingerprint density at radius 3 is 1.70 bits per heavy atom. The van der Waals surface area contributed by atoms with Crippen molar-refractivity contribution >= 4 is 28.7 Å². The van der Waals surface area contributed by atoms with Crippen LogP contribution in [0.25, 0.3) is 10.8 Å². The second-order valence-corrected chi connectivity index (χ2v) is 5.47. The summed E-state index contributed by atoms with van der Waals surface area (Å²) in [5, 5.41) is 27.1. The summed E-state index contributed by atoms with van der Waals surface area (Å²) in [6.07, 6.45) is 1.22. The number of aromatic carboxylic acids is 3. The number of carboxylic acid groups (broad SMARTS) is 3. The third-order valence-corrected chi connectivity index (χ3v) is 3.83. The van der Waals surface area contributed by atoms with E-state index in [1.165, 1.54) is 31.3 Å². The molecule has 3 aromatic rings. The Morgan fingerprint density at radius 1 is 0.741 bits per heavy atom. The Hall–Kier alpha value is -3.94. The molecule has 0 aliphatic rings. The maximum atomic E-state index is 11.3. The van der Waals surface area contributed by atoms with Gasteiger partial charge in [-0.1, -0.05) is 24.3 Å². The van der Waals surface area contributed by atoms with Crippen molar-refractivity contribution < 1.29 is 29.7 Å². The van der Waals surface area contributed by atoms with Gasteiger partial charge in [0.15, 0.2) is 0 Å². The van der Waals surface area contributed by atoms with Gasteiger partial charge in [0.05, 0.1) is 16.7 Å². The summed E-state index contributed by atoms with van der Waals surface area (Å²) in [7, 11) is 0. The molecule has 0 radical (unpaired) electrons. The lowest BCUT2D eigenvalue weighted by atomic mass is 10.0. The molecule has 0 saturated carbocycles. The van der Waals surface area contributed by atoms with Crippen LogP contribution < -0.4 is 5.56 Å². The molecule has 0 atom stereocenters. The van der Waals surface area contributed by atoms with Crippen LogP contribution in [0.15, 0.2) is 53.5 Å². The van der Waals surface area contributed by atoms with Gasteiger partial charge in [-0.2, -0.15) is 0 Å². The molecule has 0 bridgehead atoms. The molecular weight excluding hydrogens is 354 g/mol. The molecule has 0 amide bonds. The van der Waals surface area contributed by atoms with Gasteiger partial charge < -0.3 is 20.3 Å². The van der Waals surface area contributed by atoms with E-state index >= 15 is 0 Å². The summed E-state index contributed by atoms with van der Waals surface area (Å²) < 4.78 is 0. The minimum Gasteiger partial charge on any atom is -0.478 e. The van der Waals surface area contributed by atoms with Crippen molar-refractivity contribution in [1.82, 2.24) is 4.98 Å². The molecule has 0 aliphatic heterocycles. The van der Waals surface area contributed by atoms with Gasteiger partial charge in [-0.05, 0) is 30.7 Å². The van der Waals surface area contributed by atoms with Crippen LogP contribution in [0.2, 0.25) is 0 Å². The predicted octanol–water partition coefficient (Wildman–Crippen LogP) is 2.62. The Kier molecular flexibility index (Phi) is 5.71. The van der Waals surface area contributed by atoms with Crippen molar-refractivity contribution in [3.63, 3.8) is 0 Å². The van der Waals surface area contributed by atoms with Crippen molar-refractivity contribution in [2.45, 2.75) is 6.92 Å². The fourth-order valence-electron chi connectivity index (χ4n) is 2.49. The summed E-state index contributed by atoms with van der Waals surface area (Å²) >= 11 is 0. The molecule has 2 aromatic carbocycles. The highest BCUT2D eigenvalue weighted by molar-refractivity contribution is 6.02. The molecule has 0 saturated heterocycles. The van der Waals surface area contributed by atoms with Crippen LogP contribution in [0.5, 0.6) is 0 Å². The Balaban J connectivity index is 0.000000194. The Morgan fingerprint density at radius 2 is 1.22 bits per heavy atom. The first-order valence-electron chi connectivity index (χ1n) is 7.64. The zero-order chi connectivity index (χ0) is 20.1. The molecule has 138 valence electrons. The number of aromatic amines is 1. The highest BCUT2D eigenvalue weighted by Crippen LogP contribution is 2.14. The normalized spacial score (nSPS) is 9.96. The van der Waals surface area contributed by atoms with Crippen molar-refractivity contribution in [1.29, 1.82) is 0 Å². The second-order valence-electron chi connectivity index (χ2n) is 5.47. The quantitative estimate of drug-likeness (QED) is 0.555. The number of aromatic nitrogens is 1. The number of rotatable bonds is 3. The van der Waals surface area contributed by atoms with Crippen molar-refractivity contribution in [2.24, 2.45) is 0 Å². The molecule has 4 N–H and O–H groups in total. The highest BCUT2D eigenvalue weighted by atomic mass is 16.4. The lowest BCUT2D eigenvalue weighted by molar-refractivity contribution is 0.0682. The first-order valence-corrected chi connectivity index (χ1v) is 7.64. The fourth-order valence-corrected chi connectivity index (χ4v) is 2.49. The molecule has 8 heteroatoms. The van der Waals surface area contributed by atoms with Crippen molar-refractivity contribution in [3.05, 3.63) is 81.3 Å². The number of benzene rings is 2. The summed E-state index contributed by atoms with van der Waals surface area (Å²) in [5.41, 5.74) is 0.174. The van der Waals surface area contributed by atoms with E-state index in [9.17, 15) is 19.2 Å². The van der Waals surface area contributed by atoms with Crippen LogP contribution in [0.1, 0.15) is 36.6 Å². The van der Waals surface area contributed by atoms with E-state index in [1.807, 2.05) is 0 Å². The number of carboxylic acids is 3. The van der Waals surface area contributed by atoms with Gasteiger partial charge in [-0.25, -0.2) is 14.4 Å². The number of fused-ring (bicyclic) bond motifs is 1. The van der Waals surface area contributed by atoms with Gasteiger partial charge in [-0.3, -0.25) is 4.79 Å². The molecule has 0 spiro atoms.